The summed E-state index contributed by atoms with van der Waals surface area (Å²) in [7, 11) is 0. The van der Waals surface area contributed by atoms with Gasteiger partial charge in [-0.15, -0.1) is 0 Å². The summed E-state index contributed by atoms with van der Waals surface area (Å²) in [6.45, 7) is 6.72. The van der Waals surface area contributed by atoms with E-state index in [2.05, 4.69) is 0 Å². The van der Waals surface area contributed by atoms with Gasteiger partial charge in [0.25, 0.3) is 11.7 Å². The van der Waals surface area contributed by atoms with Gasteiger partial charge < -0.3 is 19.5 Å². The molecule has 1 saturated heterocycles. The van der Waals surface area contributed by atoms with Crippen molar-refractivity contribution in [3.05, 3.63) is 71.3 Å². The van der Waals surface area contributed by atoms with Crippen LogP contribution in [0, 0.1) is 0 Å². The Hall–Kier alpha value is -3.12. The molecule has 1 aliphatic rings. The van der Waals surface area contributed by atoms with Crippen LogP contribution in [0.3, 0.4) is 0 Å². The van der Waals surface area contributed by atoms with Crippen molar-refractivity contribution in [2.75, 3.05) is 19.8 Å². The van der Waals surface area contributed by atoms with Gasteiger partial charge in [0.1, 0.15) is 11.5 Å². The third kappa shape index (κ3) is 4.54. The van der Waals surface area contributed by atoms with E-state index in [0.717, 1.165) is 0 Å². The quantitative estimate of drug-likeness (QED) is 0.406. The highest BCUT2D eigenvalue weighted by atomic mass is 16.5. The molecule has 0 aromatic heterocycles. The van der Waals surface area contributed by atoms with Crippen LogP contribution in [-0.4, -0.2) is 47.6 Å². The fourth-order valence-corrected chi connectivity index (χ4v) is 3.54. The lowest BCUT2D eigenvalue weighted by atomic mass is 9.95. The number of rotatable bonds is 8. The monoisotopic (exact) mass is 409 g/mol. The number of hydrogen-bond acceptors (Lipinski definition) is 5. The van der Waals surface area contributed by atoms with Gasteiger partial charge in [-0.05, 0) is 38.5 Å². The smallest absolute Gasteiger partial charge is 0.295 e. The Morgan fingerprint density at radius 2 is 1.83 bits per heavy atom. The molecular formula is C24H27NO5. The van der Waals surface area contributed by atoms with Crippen molar-refractivity contribution in [3.8, 4) is 5.75 Å². The average molecular weight is 409 g/mol. The summed E-state index contributed by atoms with van der Waals surface area (Å²) in [5, 5.41) is 11.0. The zero-order chi connectivity index (χ0) is 21.7. The molecule has 3 rings (SSSR count). The molecule has 0 spiro atoms. The molecule has 1 atom stereocenters. The second-order valence-corrected chi connectivity index (χ2v) is 7.28. The number of carbonyl (C=O) groups excluding carboxylic acids is 2. The van der Waals surface area contributed by atoms with Crippen molar-refractivity contribution in [2.24, 2.45) is 0 Å². The molecule has 1 amide bonds. The van der Waals surface area contributed by atoms with Crippen LogP contribution in [-0.2, 0) is 14.3 Å². The number of aliphatic hydroxyl groups excluding tert-OH is 1. The van der Waals surface area contributed by atoms with Gasteiger partial charge in [-0.3, -0.25) is 9.59 Å². The summed E-state index contributed by atoms with van der Waals surface area (Å²) in [5.74, 6) is -0.897. The summed E-state index contributed by atoms with van der Waals surface area (Å²) in [5.41, 5.74) is 1.26. The van der Waals surface area contributed by atoms with Crippen molar-refractivity contribution in [1.29, 1.82) is 0 Å². The number of nitrogens with zero attached hydrogens (tertiary/aromatic N) is 1. The molecule has 6 heteroatoms. The molecular weight excluding hydrogens is 382 g/mol. The lowest BCUT2D eigenvalue weighted by molar-refractivity contribution is -0.140. The Bertz CT molecular complexity index is 936. The van der Waals surface area contributed by atoms with E-state index in [9.17, 15) is 14.7 Å². The molecule has 2 aromatic carbocycles. The molecule has 0 saturated carbocycles. The molecule has 1 heterocycles. The largest absolute Gasteiger partial charge is 0.507 e. The maximum absolute atomic E-state index is 12.9. The first kappa shape index (κ1) is 21.6. The van der Waals surface area contributed by atoms with Gasteiger partial charge in [-0.25, -0.2) is 0 Å². The van der Waals surface area contributed by atoms with Crippen molar-refractivity contribution in [2.45, 2.75) is 32.9 Å². The second-order valence-electron chi connectivity index (χ2n) is 7.28. The molecule has 1 aliphatic heterocycles. The zero-order valence-corrected chi connectivity index (χ0v) is 17.5. The van der Waals surface area contributed by atoms with Crippen molar-refractivity contribution in [3.63, 3.8) is 0 Å². The van der Waals surface area contributed by atoms with Gasteiger partial charge in [-0.2, -0.15) is 0 Å². The van der Waals surface area contributed by atoms with Crippen LogP contribution in [0.1, 0.15) is 37.9 Å². The first-order chi connectivity index (χ1) is 14.4. The Morgan fingerprint density at radius 1 is 1.10 bits per heavy atom. The topological polar surface area (TPSA) is 76.1 Å². The summed E-state index contributed by atoms with van der Waals surface area (Å²) in [6, 6.07) is 15.3. The highest BCUT2D eigenvalue weighted by Gasteiger charge is 2.46. The van der Waals surface area contributed by atoms with E-state index in [1.807, 2.05) is 45.0 Å². The van der Waals surface area contributed by atoms with E-state index in [1.54, 1.807) is 30.3 Å². The van der Waals surface area contributed by atoms with Gasteiger partial charge in [-0.1, -0.05) is 42.5 Å². The van der Waals surface area contributed by atoms with Gasteiger partial charge in [0.2, 0.25) is 0 Å². The average Bonchev–Trinajstić information content (AvgIpc) is 2.99. The van der Waals surface area contributed by atoms with Crippen LogP contribution >= 0.6 is 0 Å². The Labute approximate surface area is 176 Å². The number of likely N-dealkylation sites (tertiary alicyclic amines) is 1. The maximum atomic E-state index is 12.9. The fraction of sp³-hybridized carbons (Fsp3) is 0.333. The van der Waals surface area contributed by atoms with Crippen LogP contribution in [0.4, 0.5) is 0 Å². The predicted molar refractivity (Wildman–Crippen MR) is 114 cm³/mol. The minimum absolute atomic E-state index is 0.00544. The number of ether oxygens (including phenoxy) is 2. The van der Waals surface area contributed by atoms with Gasteiger partial charge in [0.15, 0.2) is 0 Å². The van der Waals surface area contributed by atoms with E-state index >= 15 is 0 Å². The molecule has 0 radical (unpaired) electrons. The van der Waals surface area contributed by atoms with Crippen LogP contribution < -0.4 is 4.74 Å². The molecule has 6 nitrogen and oxygen atoms in total. The summed E-state index contributed by atoms with van der Waals surface area (Å²) >= 11 is 0. The number of Topliss-reactive ketones (excluding diaryl/α,β-unsaturated/α-hetero) is 1. The maximum Gasteiger partial charge on any atom is 0.295 e. The fourth-order valence-electron chi connectivity index (χ4n) is 3.54. The van der Waals surface area contributed by atoms with Crippen LogP contribution in [0.5, 0.6) is 5.75 Å². The van der Waals surface area contributed by atoms with E-state index in [0.29, 0.717) is 23.5 Å². The molecule has 2 aromatic rings. The van der Waals surface area contributed by atoms with Gasteiger partial charge in [0.05, 0.1) is 30.9 Å². The number of ketones is 1. The molecule has 1 N–H and O–H groups in total. The van der Waals surface area contributed by atoms with Gasteiger partial charge >= 0.3 is 0 Å². The van der Waals surface area contributed by atoms with E-state index in [4.69, 9.17) is 9.47 Å². The predicted octanol–water partition coefficient (Wildman–Crippen LogP) is 3.93. The standard InChI is InChI=1S/C24H27NO5/c1-4-29-19-12-8-11-18(15-19)21-20(22(26)17-9-6-5-7-10-17)23(27)24(28)25(21)13-14-30-16(2)3/h5-12,15-16,21,26H,4,13-14H2,1-3H3/b22-20-. The lowest BCUT2D eigenvalue weighted by Gasteiger charge is -2.26. The second kappa shape index (κ2) is 9.59. The number of amides is 1. The molecule has 1 fully saturated rings. The number of hydrogen-bond donors (Lipinski definition) is 1. The molecule has 30 heavy (non-hydrogen) atoms. The summed E-state index contributed by atoms with van der Waals surface area (Å²) < 4.78 is 11.2. The van der Waals surface area contributed by atoms with E-state index < -0.39 is 17.7 Å². The van der Waals surface area contributed by atoms with Crippen LogP contribution in [0.2, 0.25) is 0 Å². The van der Waals surface area contributed by atoms with Gasteiger partial charge in [0, 0.05) is 12.1 Å². The molecule has 0 aliphatic carbocycles. The first-order valence-corrected chi connectivity index (χ1v) is 10.1. The minimum atomic E-state index is -0.721. The molecule has 158 valence electrons. The number of aliphatic hydroxyl groups is 1. The van der Waals surface area contributed by atoms with Crippen molar-refractivity contribution in [1.82, 2.24) is 4.90 Å². The summed E-state index contributed by atoms with van der Waals surface area (Å²) in [6.07, 6.45) is 0.00544. The highest BCUT2D eigenvalue weighted by molar-refractivity contribution is 6.46. The van der Waals surface area contributed by atoms with Crippen LogP contribution in [0.15, 0.2) is 60.2 Å². The number of benzene rings is 2. The SMILES string of the molecule is CCOc1cccc(C2/C(=C(/O)c3ccccc3)C(=O)C(=O)N2CCOC(C)C)c1. The first-order valence-electron chi connectivity index (χ1n) is 10.1. The minimum Gasteiger partial charge on any atom is -0.507 e. The third-order valence-electron chi connectivity index (χ3n) is 4.86. The summed E-state index contributed by atoms with van der Waals surface area (Å²) in [4.78, 5) is 27.3. The van der Waals surface area contributed by atoms with E-state index in [1.165, 1.54) is 4.90 Å². The van der Waals surface area contributed by atoms with E-state index in [-0.39, 0.29) is 30.6 Å². The van der Waals surface area contributed by atoms with Crippen LogP contribution in [0.25, 0.3) is 5.76 Å². The highest BCUT2D eigenvalue weighted by Crippen LogP contribution is 2.40. The molecule has 0 bridgehead atoms. The lowest BCUT2D eigenvalue weighted by Crippen LogP contribution is -2.33. The number of carbonyl (C=O) groups is 2. The normalized spacial score (nSPS) is 18.3. The zero-order valence-electron chi connectivity index (χ0n) is 17.5. The molecule has 1 unspecified atom stereocenters. The Kier molecular flexibility index (Phi) is 6.90. The van der Waals surface area contributed by atoms with Crippen molar-refractivity contribution < 1.29 is 24.2 Å². The third-order valence-corrected chi connectivity index (χ3v) is 4.86. The Morgan fingerprint density at radius 3 is 2.50 bits per heavy atom. The van der Waals surface area contributed by atoms with Crippen molar-refractivity contribution >= 4 is 17.4 Å². The Balaban J connectivity index is 2.08.